The van der Waals surface area contributed by atoms with E-state index < -0.39 is 0 Å². The van der Waals surface area contributed by atoms with Gasteiger partial charge in [-0.2, -0.15) is 0 Å². The standard InChI is InChI=1S/C22H25N5O2/c1-2-3-10-29-19(28)12-17-16-9-8-15(22(25)26)11-18(16)27-20(17)13-4-6-14(7-5-13)21(23)24/h4-9,11,27H,2-3,10,12H2,1H3,(H3,23,24)(H3,25,26). The highest BCUT2D eigenvalue weighted by Crippen LogP contribution is 2.32. The van der Waals surface area contributed by atoms with Crippen LogP contribution in [0.1, 0.15) is 36.5 Å². The molecule has 29 heavy (non-hydrogen) atoms. The van der Waals surface area contributed by atoms with E-state index in [1.165, 1.54) is 0 Å². The highest BCUT2D eigenvalue weighted by molar-refractivity contribution is 6.01. The lowest BCUT2D eigenvalue weighted by atomic mass is 10.0. The Morgan fingerprint density at radius 1 is 1.03 bits per heavy atom. The number of aromatic amines is 1. The quantitative estimate of drug-likeness (QED) is 0.174. The van der Waals surface area contributed by atoms with Crippen molar-refractivity contribution in [2.24, 2.45) is 11.5 Å². The van der Waals surface area contributed by atoms with Gasteiger partial charge in [0.2, 0.25) is 0 Å². The zero-order valence-electron chi connectivity index (χ0n) is 16.3. The van der Waals surface area contributed by atoms with E-state index >= 15 is 0 Å². The third-order valence-corrected chi connectivity index (χ3v) is 4.78. The van der Waals surface area contributed by atoms with Crippen molar-refractivity contribution in [3.8, 4) is 11.3 Å². The predicted octanol–water partition coefficient (Wildman–Crippen LogP) is 3.29. The molecule has 0 saturated carbocycles. The largest absolute Gasteiger partial charge is 0.465 e. The van der Waals surface area contributed by atoms with Gasteiger partial charge in [0.15, 0.2) is 0 Å². The Hall–Kier alpha value is -3.61. The van der Waals surface area contributed by atoms with E-state index in [1.54, 1.807) is 24.3 Å². The van der Waals surface area contributed by atoms with Crippen LogP contribution >= 0.6 is 0 Å². The number of nitrogen functional groups attached to an aromatic ring is 2. The van der Waals surface area contributed by atoms with Crippen molar-refractivity contribution in [1.82, 2.24) is 4.98 Å². The lowest BCUT2D eigenvalue weighted by Crippen LogP contribution is -2.11. The number of nitrogens with one attached hydrogen (secondary N) is 3. The summed E-state index contributed by atoms with van der Waals surface area (Å²) in [6.07, 6.45) is 1.93. The highest BCUT2D eigenvalue weighted by atomic mass is 16.5. The number of amidine groups is 2. The van der Waals surface area contributed by atoms with Crippen LogP contribution in [0.15, 0.2) is 42.5 Å². The Morgan fingerprint density at radius 2 is 1.69 bits per heavy atom. The normalized spacial score (nSPS) is 10.8. The molecule has 1 aromatic heterocycles. The number of esters is 1. The molecule has 0 spiro atoms. The Kier molecular flexibility index (Phi) is 5.97. The monoisotopic (exact) mass is 391 g/mol. The smallest absolute Gasteiger partial charge is 0.310 e. The number of hydrogen-bond acceptors (Lipinski definition) is 4. The van der Waals surface area contributed by atoms with E-state index in [-0.39, 0.29) is 24.1 Å². The molecule has 2 aromatic carbocycles. The van der Waals surface area contributed by atoms with Crippen LogP contribution in [0.4, 0.5) is 0 Å². The molecule has 0 atom stereocenters. The number of H-pyrrole nitrogens is 1. The first-order chi connectivity index (χ1) is 13.9. The summed E-state index contributed by atoms with van der Waals surface area (Å²) < 4.78 is 5.36. The lowest BCUT2D eigenvalue weighted by Gasteiger charge is -2.07. The maximum absolute atomic E-state index is 12.4. The third kappa shape index (κ3) is 4.45. The molecule has 0 fully saturated rings. The zero-order chi connectivity index (χ0) is 21.0. The van der Waals surface area contributed by atoms with Crippen LogP contribution in [0.3, 0.4) is 0 Å². The van der Waals surface area contributed by atoms with Crippen molar-refractivity contribution in [2.45, 2.75) is 26.2 Å². The minimum atomic E-state index is -0.281. The number of benzene rings is 2. The molecule has 0 radical (unpaired) electrons. The van der Waals surface area contributed by atoms with E-state index in [9.17, 15) is 4.79 Å². The molecule has 0 aliphatic heterocycles. The molecule has 3 aromatic rings. The van der Waals surface area contributed by atoms with E-state index in [4.69, 9.17) is 27.0 Å². The van der Waals surface area contributed by atoms with Crippen LogP contribution in [-0.4, -0.2) is 29.2 Å². The number of hydrogen-bond donors (Lipinski definition) is 5. The first-order valence-corrected chi connectivity index (χ1v) is 9.50. The summed E-state index contributed by atoms with van der Waals surface area (Å²) in [6.45, 7) is 2.46. The van der Waals surface area contributed by atoms with E-state index in [0.717, 1.165) is 40.6 Å². The van der Waals surface area contributed by atoms with Crippen molar-refractivity contribution < 1.29 is 9.53 Å². The average Bonchev–Trinajstić information content (AvgIpc) is 3.05. The van der Waals surface area contributed by atoms with Gasteiger partial charge in [-0.15, -0.1) is 0 Å². The molecule has 0 unspecified atom stereocenters. The first-order valence-electron chi connectivity index (χ1n) is 9.50. The van der Waals surface area contributed by atoms with E-state index in [1.807, 2.05) is 25.1 Å². The Morgan fingerprint density at radius 3 is 2.31 bits per heavy atom. The highest BCUT2D eigenvalue weighted by Gasteiger charge is 2.18. The van der Waals surface area contributed by atoms with Crippen LogP contribution in [0.5, 0.6) is 0 Å². The minimum Gasteiger partial charge on any atom is -0.465 e. The molecule has 0 saturated heterocycles. The Labute approximate surface area is 169 Å². The number of rotatable bonds is 8. The molecule has 0 aliphatic rings. The maximum atomic E-state index is 12.4. The summed E-state index contributed by atoms with van der Waals surface area (Å²) in [5.41, 5.74) is 15.7. The van der Waals surface area contributed by atoms with Crippen molar-refractivity contribution in [3.63, 3.8) is 0 Å². The first kappa shape index (κ1) is 20.1. The summed E-state index contributed by atoms with van der Waals surface area (Å²) in [5.74, 6) is -0.301. The van der Waals surface area contributed by atoms with Crippen molar-refractivity contribution in [1.29, 1.82) is 10.8 Å². The van der Waals surface area contributed by atoms with Gasteiger partial charge in [-0.1, -0.05) is 49.7 Å². The van der Waals surface area contributed by atoms with Gasteiger partial charge in [0.05, 0.1) is 18.7 Å². The van der Waals surface area contributed by atoms with Crippen LogP contribution < -0.4 is 11.5 Å². The molecule has 7 N–H and O–H groups in total. The van der Waals surface area contributed by atoms with Gasteiger partial charge in [0, 0.05) is 22.0 Å². The molecular formula is C22H25N5O2. The van der Waals surface area contributed by atoms with Gasteiger partial charge >= 0.3 is 5.97 Å². The second kappa shape index (κ2) is 8.60. The molecule has 0 bridgehead atoms. The summed E-state index contributed by atoms with van der Waals surface area (Å²) in [7, 11) is 0. The molecule has 3 rings (SSSR count). The molecule has 0 amide bonds. The van der Waals surface area contributed by atoms with Gasteiger partial charge in [0.1, 0.15) is 11.7 Å². The van der Waals surface area contributed by atoms with Gasteiger partial charge in [-0.3, -0.25) is 15.6 Å². The maximum Gasteiger partial charge on any atom is 0.310 e. The van der Waals surface area contributed by atoms with Crippen LogP contribution in [0.25, 0.3) is 22.2 Å². The summed E-state index contributed by atoms with van der Waals surface area (Å²) >= 11 is 0. The summed E-state index contributed by atoms with van der Waals surface area (Å²) in [5, 5.41) is 16.1. The number of carbonyl (C=O) groups excluding carboxylic acids is 1. The Balaban J connectivity index is 2.04. The predicted molar refractivity (Wildman–Crippen MR) is 115 cm³/mol. The number of nitrogens with two attached hydrogens (primary N) is 2. The zero-order valence-corrected chi connectivity index (χ0v) is 16.3. The molecule has 7 nitrogen and oxygen atoms in total. The van der Waals surface area contributed by atoms with Crippen LogP contribution in [-0.2, 0) is 16.0 Å². The van der Waals surface area contributed by atoms with Gasteiger partial charge in [0.25, 0.3) is 0 Å². The number of carbonyl (C=O) groups is 1. The number of aromatic nitrogens is 1. The molecule has 0 aliphatic carbocycles. The van der Waals surface area contributed by atoms with Crippen molar-refractivity contribution in [2.75, 3.05) is 6.61 Å². The van der Waals surface area contributed by atoms with E-state index in [0.29, 0.717) is 17.7 Å². The summed E-state index contributed by atoms with van der Waals surface area (Å²) in [6, 6.07) is 12.7. The van der Waals surface area contributed by atoms with Crippen molar-refractivity contribution >= 4 is 28.5 Å². The molecule has 1 heterocycles. The molecular weight excluding hydrogens is 366 g/mol. The van der Waals surface area contributed by atoms with Crippen molar-refractivity contribution in [3.05, 3.63) is 59.2 Å². The van der Waals surface area contributed by atoms with Crippen LogP contribution in [0, 0.1) is 10.8 Å². The minimum absolute atomic E-state index is 0.000905. The third-order valence-electron chi connectivity index (χ3n) is 4.78. The van der Waals surface area contributed by atoms with E-state index in [2.05, 4.69) is 4.98 Å². The SMILES string of the molecule is CCCCOC(=O)Cc1c(-c2ccc(C(=N)N)cc2)[nH]c2cc(C(=N)N)ccc12. The number of fused-ring (bicyclic) bond motifs is 1. The molecule has 7 heteroatoms. The fraction of sp³-hybridized carbons (Fsp3) is 0.227. The van der Waals surface area contributed by atoms with Crippen LogP contribution in [0.2, 0.25) is 0 Å². The van der Waals surface area contributed by atoms with Gasteiger partial charge in [-0.25, -0.2) is 0 Å². The second-order valence-electron chi connectivity index (χ2n) is 6.89. The topological polar surface area (TPSA) is 142 Å². The summed E-state index contributed by atoms with van der Waals surface area (Å²) in [4.78, 5) is 15.7. The van der Waals surface area contributed by atoms with Gasteiger partial charge in [-0.05, 0) is 23.6 Å². The van der Waals surface area contributed by atoms with Gasteiger partial charge < -0.3 is 21.2 Å². The number of unbranched alkanes of at least 4 members (excludes halogenated alkanes) is 1. The number of ether oxygens (including phenoxy) is 1. The fourth-order valence-corrected chi connectivity index (χ4v) is 3.20. The fourth-order valence-electron chi connectivity index (χ4n) is 3.20. The average molecular weight is 391 g/mol. The Bertz CT molecular complexity index is 1070. The molecule has 150 valence electrons. The second-order valence-corrected chi connectivity index (χ2v) is 6.89. The lowest BCUT2D eigenvalue weighted by molar-refractivity contribution is -0.142.